The summed E-state index contributed by atoms with van der Waals surface area (Å²) in [7, 11) is 1.85. The minimum atomic E-state index is -0.255. The van der Waals surface area contributed by atoms with Crippen LogP contribution >= 0.6 is 12.4 Å². The Morgan fingerprint density at radius 2 is 2.00 bits per heavy atom. The smallest absolute Gasteiger partial charge is 0.242 e. The van der Waals surface area contributed by atoms with Gasteiger partial charge in [0.1, 0.15) is 6.04 Å². The number of carbonyl (C=O) groups is 2. The first kappa shape index (κ1) is 18.2. The van der Waals surface area contributed by atoms with Crippen molar-refractivity contribution in [3.8, 4) is 0 Å². The van der Waals surface area contributed by atoms with Gasteiger partial charge in [0.15, 0.2) is 0 Å². The molecule has 0 saturated carbocycles. The third-order valence-corrected chi connectivity index (χ3v) is 3.26. The third-order valence-electron chi connectivity index (χ3n) is 3.26. The lowest BCUT2D eigenvalue weighted by molar-refractivity contribution is -0.142. The topological polar surface area (TPSA) is 61.4 Å². The summed E-state index contributed by atoms with van der Waals surface area (Å²) in [5.74, 6) is 0.111. The maximum atomic E-state index is 12.1. The second-order valence-electron chi connectivity index (χ2n) is 4.74. The molecule has 0 bridgehead atoms. The normalized spacial score (nSPS) is 18.6. The largest absolute Gasteiger partial charge is 0.353 e. The lowest BCUT2D eigenvalue weighted by Gasteiger charge is -2.34. The van der Waals surface area contributed by atoms with Crippen molar-refractivity contribution in [1.82, 2.24) is 15.5 Å². The Balaban J connectivity index is 0.00000324. The Kier molecular flexibility index (Phi) is 9.61. The van der Waals surface area contributed by atoms with E-state index in [0.717, 1.165) is 38.8 Å². The number of hydrogen-bond acceptors (Lipinski definition) is 3. The molecule has 0 radical (unpaired) electrons. The van der Waals surface area contributed by atoms with E-state index >= 15 is 0 Å². The molecule has 5 nitrogen and oxygen atoms in total. The predicted octanol–water partition coefficient (Wildman–Crippen LogP) is 0.925. The van der Waals surface area contributed by atoms with E-state index in [4.69, 9.17) is 0 Å². The van der Waals surface area contributed by atoms with Crippen molar-refractivity contribution in [3.63, 3.8) is 0 Å². The molecule has 0 aromatic rings. The molecule has 0 aromatic heterocycles. The fourth-order valence-corrected chi connectivity index (χ4v) is 2.29. The van der Waals surface area contributed by atoms with Crippen molar-refractivity contribution >= 4 is 24.2 Å². The van der Waals surface area contributed by atoms with Gasteiger partial charge < -0.3 is 15.5 Å². The first-order valence-corrected chi connectivity index (χ1v) is 6.92. The van der Waals surface area contributed by atoms with Crippen LogP contribution in [0.3, 0.4) is 0 Å². The lowest BCUT2D eigenvalue weighted by Crippen LogP contribution is -2.52. The molecule has 2 amide bonds. The quantitative estimate of drug-likeness (QED) is 0.716. The van der Waals surface area contributed by atoms with Crippen LogP contribution in [0.1, 0.15) is 39.0 Å². The highest BCUT2D eigenvalue weighted by molar-refractivity contribution is 5.87. The van der Waals surface area contributed by atoms with E-state index in [1.807, 2.05) is 14.0 Å². The minimum absolute atomic E-state index is 0. The number of carbonyl (C=O) groups excluding carboxylic acids is 2. The number of likely N-dealkylation sites (tertiary alicyclic amines) is 1. The Bertz CT molecular complexity index is 287. The van der Waals surface area contributed by atoms with Crippen LogP contribution in [0.15, 0.2) is 0 Å². The van der Waals surface area contributed by atoms with Crippen molar-refractivity contribution in [2.75, 3.05) is 26.7 Å². The molecule has 1 aliphatic rings. The van der Waals surface area contributed by atoms with Gasteiger partial charge in [-0.1, -0.05) is 6.92 Å². The molecule has 1 aliphatic heterocycles. The van der Waals surface area contributed by atoms with Crippen molar-refractivity contribution in [2.24, 2.45) is 0 Å². The van der Waals surface area contributed by atoms with E-state index < -0.39 is 0 Å². The summed E-state index contributed by atoms with van der Waals surface area (Å²) >= 11 is 0. The number of rotatable bonds is 6. The summed E-state index contributed by atoms with van der Waals surface area (Å²) in [5, 5.41) is 5.87. The molecular formula is C13H26ClN3O2. The Morgan fingerprint density at radius 3 is 2.63 bits per heavy atom. The first-order chi connectivity index (χ1) is 8.70. The highest BCUT2D eigenvalue weighted by Crippen LogP contribution is 2.18. The molecule has 1 unspecified atom stereocenters. The molecule has 0 aliphatic carbocycles. The molecule has 112 valence electrons. The van der Waals surface area contributed by atoms with E-state index in [2.05, 4.69) is 10.6 Å². The second kappa shape index (κ2) is 10.0. The van der Waals surface area contributed by atoms with Gasteiger partial charge in [0.2, 0.25) is 11.8 Å². The molecule has 1 heterocycles. The first-order valence-electron chi connectivity index (χ1n) is 6.92. The molecule has 1 rings (SSSR count). The van der Waals surface area contributed by atoms with Gasteiger partial charge in [-0.25, -0.2) is 0 Å². The Labute approximate surface area is 121 Å². The molecule has 19 heavy (non-hydrogen) atoms. The number of hydrogen-bond donors (Lipinski definition) is 2. The zero-order valence-corrected chi connectivity index (χ0v) is 12.7. The highest BCUT2D eigenvalue weighted by Gasteiger charge is 2.31. The second-order valence-corrected chi connectivity index (χ2v) is 4.74. The Hall–Kier alpha value is -0.810. The summed E-state index contributed by atoms with van der Waals surface area (Å²) in [4.78, 5) is 25.8. The minimum Gasteiger partial charge on any atom is -0.353 e. The zero-order chi connectivity index (χ0) is 13.4. The molecule has 1 fully saturated rings. The molecule has 0 aromatic carbocycles. The maximum Gasteiger partial charge on any atom is 0.242 e. The van der Waals surface area contributed by atoms with Crippen LogP contribution in [0, 0.1) is 0 Å². The Morgan fingerprint density at radius 1 is 1.26 bits per heavy atom. The molecule has 2 N–H and O–H groups in total. The van der Waals surface area contributed by atoms with Gasteiger partial charge in [-0.15, -0.1) is 12.4 Å². The average Bonchev–Trinajstić information content (AvgIpc) is 2.39. The van der Waals surface area contributed by atoms with Gasteiger partial charge in [0.05, 0.1) is 0 Å². The summed E-state index contributed by atoms with van der Waals surface area (Å²) in [6.07, 6.45) is 4.21. The van der Waals surface area contributed by atoms with E-state index in [9.17, 15) is 9.59 Å². The lowest BCUT2D eigenvalue weighted by atomic mass is 10.0. The van der Waals surface area contributed by atoms with Crippen LogP contribution in [-0.2, 0) is 9.59 Å². The van der Waals surface area contributed by atoms with E-state index in [1.165, 1.54) is 0 Å². The zero-order valence-electron chi connectivity index (χ0n) is 11.9. The van der Waals surface area contributed by atoms with Crippen molar-refractivity contribution in [1.29, 1.82) is 0 Å². The molecular weight excluding hydrogens is 266 g/mol. The summed E-state index contributed by atoms with van der Waals surface area (Å²) < 4.78 is 0. The number of nitrogens with one attached hydrogen (secondary N) is 2. The highest BCUT2D eigenvalue weighted by atomic mass is 35.5. The molecule has 0 spiro atoms. The SMILES string of the molecule is CCCC(=O)N1CCCCC1C(=O)NCCNC.Cl. The number of halogens is 1. The molecule has 6 heteroatoms. The molecule has 1 saturated heterocycles. The summed E-state index contributed by atoms with van der Waals surface area (Å²) in [5.41, 5.74) is 0. The summed E-state index contributed by atoms with van der Waals surface area (Å²) in [6, 6.07) is -0.255. The van der Waals surface area contributed by atoms with Crippen molar-refractivity contribution in [2.45, 2.75) is 45.1 Å². The van der Waals surface area contributed by atoms with Crippen molar-refractivity contribution in [3.05, 3.63) is 0 Å². The van der Waals surface area contributed by atoms with Gasteiger partial charge >= 0.3 is 0 Å². The number of amides is 2. The molecule has 1 atom stereocenters. The van der Waals surface area contributed by atoms with Gasteiger partial charge in [-0.05, 0) is 32.7 Å². The van der Waals surface area contributed by atoms with Gasteiger partial charge in [0, 0.05) is 26.1 Å². The number of nitrogens with zero attached hydrogens (tertiary/aromatic N) is 1. The van der Waals surface area contributed by atoms with Gasteiger partial charge in [0.25, 0.3) is 0 Å². The van der Waals surface area contributed by atoms with Crippen LogP contribution in [0.25, 0.3) is 0 Å². The van der Waals surface area contributed by atoms with Gasteiger partial charge in [-0.2, -0.15) is 0 Å². The van der Waals surface area contributed by atoms with E-state index in [-0.39, 0.29) is 30.3 Å². The fraction of sp³-hybridized carbons (Fsp3) is 0.846. The van der Waals surface area contributed by atoms with Crippen LogP contribution < -0.4 is 10.6 Å². The predicted molar refractivity (Wildman–Crippen MR) is 78.4 cm³/mol. The number of piperidine rings is 1. The fourth-order valence-electron chi connectivity index (χ4n) is 2.29. The van der Waals surface area contributed by atoms with Crippen LogP contribution in [0.4, 0.5) is 0 Å². The van der Waals surface area contributed by atoms with Crippen molar-refractivity contribution < 1.29 is 9.59 Å². The third kappa shape index (κ3) is 5.78. The summed E-state index contributed by atoms with van der Waals surface area (Å²) in [6.45, 7) is 4.08. The standard InChI is InChI=1S/C13H25N3O2.ClH/c1-3-6-12(17)16-10-5-4-7-11(16)13(18)15-9-8-14-2;/h11,14H,3-10H2,1-2H3,(H,15,18);1H. The number of likely N-dealkylation sites (N-methyl/N-ethyl adjacent to an activating group) is 1. The monoisotopic (exact) mass is 291 g/mol. The average molecular weight is 292 g/mol. The van der Waals surface area contributed by atoms with Crippen LogP contribution in [-0.4, -0.2) is 49.4 Å². The van der Waals surface area contributed by atoms with Crippen LogP contribution in [0.2, 0.25) is 0 Å². The van der Waals surface area contributed by atoms with E-state index in [1.54, 1.807) is 4.90 Å². The van der Waals surface area contributed by atoms with Gasteiger partial charge in [-0.3, -0.25) is 9.59 Å². The maximum absolute atomic E-state index is 12.1. The van der Waals surface area contributed by atoms with E-state index in [0.29, 0.717) is 13.0 Å². The van der Waals surface area contributed by atoms with Crippen LogP contribution in [0.5, 0.6) is 0 Å².